The first-order valence-electron chi connectivity index (χ1n) is 9.44. The Labute approximate surface area is 190 Å². The quantitative estimate of drug-likeness (QED) is 0.245. The van der Waals surface area contributed by atoms with Crippen molar-refractivity contribution >= 4 is 42.0 Å². The lowest BCUT2D eigenvalue weighted by molar-refractivity contribution is -0.141. The maximum absolute atomic E-state index is 12.7. The highest BCUT2D eigenvalue weighted by Gasteiger charge is 2.32. The van der Waals surface area contributed by atoms with Crippen molar-refractivity contribution in [2.75, 3.05) is 57.7 Å². The summed E-state index contributed by atoms with van der Waals surface area (Å²) in [5.74, 6) is 0.589. The van der Waals surface area contributed by atoms with Crippen molar-refractivity contribution in [2.24, 2.45) is 4.99 Å². The smallest absolute Gasteiger partial charge is 0.433 e. The summed E-state index contributed by atoms with van der Waals surface area (Å²) in [5.41, 5.74) is -0.994. The fourth-order valence-corrected chi connectivity index (χ4v) is 2.67. The zero-order valence-electron chi connectivity index (χ0n) is 16.9. The van der Waals surface area contributed by atoms with Gasteiger partial charge in [-0.3, -0.25) is 4.99 Å². The molecule has 0 aromatic carbocycles. The average molecular weight is 545 g/mol. The number of piperazine rings is 1. The van der Waals surface area contributed by atoms with Crippen LogP contribution in [0.4, 0.5) is 23.9 Å². The summed E-state index contributed by atoms with van der Waals surface area (Å²) < 4.78 is 43.1. The number of nitrogens with zero attached hydrogens (tertiary/aromatic N) is 5. The molecule has 170 valence electrons. The summed E-state index contributed by atoms with van der Waals surface area (Å²) in [6.45, 7) is 7.58. The second kappa shape index (κ2) is 12.6. The molecule has 1 aromatic heterocycles. The number of guanidine groups is 1. The largest absolute Gasteiger partial charge is 0.450 e. The molecular weight excluding hydrogens is 518 g/mol. The summed E-state index contributed by atoms with van der Waals surface area (Å²) in [5, 5.41) is 5.93. The monoisotopic (exact) mass is 545 g/mol. The Morgan fingerprint density at radius 1 is 1.23 bits per heavy atom. The third kappa shape index (κ3) is 7.99. The third-order valence-corrected chi connectivity index (χ3v) is 4.04. The van der Waals surface area contributed by atoms with Crippen molar-refractivity contribution in [1.82, 2.24) is 25.1 Å². The van der Waals surface area contributed by atoms with Crippen molar-refractivity contribution < 1.29 is 22.7 Å². The fourth-order valence-electron chi connectivity index (χ4n) is 2.67. The molecule has 0 spiro atoms. The molecule has 0 atom stereocenters. The van der Waals surface area contributed by atoms with Crippen molar-refractivity contribution in [3.05, 3.63) is 18.0 Å². The van der Waals surface area contributed by atoms with E-state index in [4.69, 9.17) is 4.74 Å². The van der Waals surface area contributed by atoms with Gasteiger partial charge in [0.15, 0.2) is 5.96 Å². The number of carbonyl (C=O) groups is 1. The lowest BCUT2D eigenvalue weighted by atomic mass is 10.3. The average Bonchev–Trinajstić information content (AvgIpc) is 2.70. The number of halogens is 4. The fraction of sp³-hybridized carbons (Fsp3) is 0.647. The molecule has 1 amide bonds. The Morgan fingerprint density at radius 3 is 2.50 bits per heavy atom. The Kier molecular flexibility index (Phi) is 10.9. The Balaban J connectivity index is 0.00000450. The van der Waals surface area contributed by atoms with Crippen LogP contribution < -0.4 is 10.6 Å². The molecular formula is C17H27F3IN7O2. The number of alkyl halides is 3. The molecule has 0 saturated carbocycles. The number of nitrogens with one attached hydrogen (secondary N) is 2. The van der Waals surface area contributed by atoms with Crippen LogP contribution in [0.1, 0.15) is 19.5 Å². The number of aliphatic imine (C=N–C) groups is 1. The molecule has 1 aromatic rings. The molecule has 1 fully saturated rings. The molecule has 2 N–H and O–H groups in total. The van der Waals surface area contributed by atoms with Crippen LogP contribution in [0.25, 0.3) is 0 Å². The predicted molar refractivity (Wildman–Crippen MR) is 117 cm³/mol. The molecule has 30 heavy (non-hydrogen) atoms. The Hall–Kier alpha value is -2.06. The van der Waals surface area contributed by atoms with E-state index < -0.39 is 11.9 Å². The van der Waals surface area contributed by atoms with Gasteiger partial charge in [-0.2, -0.15) is 13.2 Å². The van der Waals surface area contributed by atoms with Gasteiger partial charge in [0, 0.05) is 45.5 Å². The molecule has 13 heteroatoms. The van der Waals surface area contributed by atoms with Gasteiger partial charge in [-0.25, -0.2) is 14.8 Å². The maximum atomic E-state index is 12.7. The van der Waals surface area contributed by atoms with Crippen LogP contribution in [0.3, 0.4) is 0 Å². The van der Waals surface area contributed by atoms with Gasteiger partial charge in [-0.1, -0.05) is 0 Å². The number of hydrogen-bond donors (Lipinski definition) is 2. The lowest BCUT2D eigenvalue weighted by Crippen LogP contribution is -2.54. The first-order chi connectivity index (χ1) is 13.8. The Morgan fingerprint density at radius 2 is 1.90 bits per heavy atom. The summed E-state index contributed by atoms with van der Waals surface area (Å²) in [6.07, 6.45) is -3.77. The molecule has 0 unspecified atom stereocenters. The summed E-state index contributed by atoms with van der Waals surface area (Å²) >= 11 is 0. The third-order valence-electron chi connectivity index (χ3n) is 4.04. The van der Waals surface area contributed by atoms with Gasteiger partial charge in [-0.15, -0.1) is 24.0 Å². The highest BCUT2D eigenvalue weighted by Crippen LogP contribution is 2.27. The number of hydrogen-bond acceptors (Lipinski definition) is 6. The van der Waals surface area contributed by atoms with Crippen molar-refractivity contribution in [1.29, 1.82) is 0 Å². The van der Waals surface area contributed by atoms with E-state index in [-0.39, 0.29) is 42.6 Å². The van der Waals surface area contributed by atoms with Crippen LogP contribution in [-0.4, -0.2) is 84.2 Å². The second-order valence-corrected chi connectivity index (χ2v) is 6.10. The molecule has 1 aliphatic heterocycles. The molecule has 2 rings (SSSR count). The van der Waals surface area contributed by atoms with E-state index in [9.17, 15) is 18.0 Å². The van der Waals surface area contributed by atoms with Gasteiger partial charge in [0.05, 0.1) is 13.2 Å². The van der Waals surface area contributed by atoms with Crippen LogP contribution in [0.2, 0.25) is 0 Å². The van der Waals surface area contributed by atoms with E-state index in [1.165, 1.54) is 0 Å². The van der Waals surface area contributed by atoms with Crippen LogP contribution in [0, 0.1) is 0 Å². The number of ether oxygens (including phenoxy) is 1. The minimum absolute atomic E-state index is 0. The van der Waals surface area contributed by atoms with Crippen LogP contribution in [0.15, 0.2) is 17.3 Å². The van der Waals surface area contributed by atoms with E-state index in [1.54, 1.807) is 11.8 Å². The number of rotatable bonds is 6. The molecule has 1 saturated heterocycles. The first kappa shape index (κ1) is 26.0. The van der Waals surface area contributed by atoms with Crippen LogP contribution in [0.5, 0.6) is 0 Å². The second-order valence-electron chi connectivity index (χ2n) is 6.10. The Bertz CT molecular complexity index is 698. The molecule has 0 bridgehead atoms. The topological polar surface area (TPSA) is 95.0 Å². The molecule has 0 radical (unpaired) electrons. The highest BCUT2D eigenvalue weighted by atomic mass is 127. The van der Waals surface area contributed by atoms with Crippen molar-refractivity contribution in [3.8, 4) is 0 Å². The van der Waals surface area contributed by atoms with E-state index in [1.807, 2.05) is 11.8 Å². The van der Waals surface area contributed by atoms with Crippen molar-refractivity contribution in [2.45, 2.75) is 20.0 Å². The SMILES string of the molecule is CCNC(=NCCNc1nccc(C(F)(F)F)n1)N1CCN(C(=O)OCC)CC1.I. The van der Waals surface area contributed by atoms with Gasteiger partial charge < -0.3 is 25.2 Å². The van der Waals surface area contributed by atoms with E-state index in [0.29, 0.717) is 51.8 Å². The van der Waals surface area contributed by atoms with Crippen molar-refractivity contribution in [3.63, 3.8) is 0 Å². The first-order valence-corrected chi connectivity index (χ1v) is 9.44. The van der Waals surface area contributed by atoms with E-state index >= 15 is 0 Å². The van der Waals surface area contributed by atoms with E-state index in [2.05, 4.69) is 25.6 Å². The summed E-state index contributed by atoms with van der Waals surface area (Å²) in [7, 11) is 0. The van der Waals surface area contributed by atoms with Gasteiger partial charge >= 0.3 is 12.3 Å². The molecule has 9 nitrogen and oxygen atoms in total. The lowest BCUT2D eigenvalue weighted by Gasteiger charge is -2.35. The van der Waals surface area contributed by atoms with E-state index in [0.717, 1.165) is 12.3 Å². The number of carbonyl (C=O) groups excluding carboxylic acids is 1. The molecule has 0 aliphatic carbocycles. The zero-order chi connectivity index (χ0) is 21.3. The van der Waals surface area contributed by atoms with Gasteiger partial charge in [0.2, 0.25) is 5.95 Å². The van der Waals surface area contributed by atoms with Gasteiger partial charge in [0.1, 0.15) is 5.69 Å². The highest BCUT2D eigenvalue weighted by molar-refractivity contribution is 14.0. The minimum atomic E-state index is -4.51. The molecule has 2 heterocycles. The van der Waals surface area contributed by atoms with Gasteiger partial charge in [0.25, 0.3) is 0 Å². The van der Waals surface area contributed by atoms with Crippen LogP contribution in [-0.2, 0) is 10.9 Å². The molecule has 1 aliphatic rings. The zero-order valence-corrected chi connectivity index (χ0v) is 19.2. The normalized spacial score (nSPS) is 14.8. The number of anilines is 1. The summed E-state index contributed by atoms with van der Waals surface area (Å²) in [6, 6.07) is 0.822. The number of amides is 1. The summed E-state index contributed by atoms with van der Waals surface area (Å²) in [4.78, 5) is 27.2. The predicted octanol–water partition coefficient (Wildman–Crippen LogP) is 2.26. The maximum Gasteiger partial charge on any atom is 0.433 e. The minimum Gasteiger partial charge on any atom is -0.450 e. The standard InChI is InChI=1S/C17H26F3N7O2.HI/c1-3-21-15(26-9-11-27(12-10-26)16(28)29-4-2)24-8-7-23-14-22-6-5-13(25-14)17(18,19)20;/h5-6H,3-4,7-12H2,1-2H3,(H,21,24)(H,22,23,25);1H. The van der Waals surface area contributed by atoms with Crippen LogP contribution >= 0.6 is 24.0 Å². The van der Waals surface area contributed by atoms with Gasteiger partial charge in [-0.05, 0) is 19.9 Å². The number of aromatic nitrogens is 2.